The number of thiazole rings is 1. The molecule has 0 amide bonds. The zero-order valence-electron chi connectivity index (χ0n) is 9.73. The van der Waals surface area contributed by atoms with Gasteiger partial charge in [0.2, 0.25) is 0 Å². The van der Waals surface area contributed by atoms with Crippen LogP contribution >= 0.6 is 11.3 Å². The fourth-order valence-corrected chi connectivity index (χ4v) is 3.37. The van der Waals surface area contributed by atoms with Gasteiger partial charge < -0.3 is 5.32 Å². The number of hydrogen-bond acceptors (Lipinski definition) is 3. The summed E-state index contributed by atoms with van der Waals surface area (Å²) in [5.41, 5.74) is 1.28. The molecule has 0 radical (unpaired) electrons. The SMILES string of the molecule is c1ccc(-c2cnc(C3CCNCC3)s2)cc1. The quantitative estimate of drug-likeness (QED) is 0.877. The van der Waals surface area contributed by atoms with E-state index >= 15 is 0 Å². The Morgan fingerprint density at radius 3 is 2.65 bits per heavy atom. The average molecular weight is 244 g/mol. The smallest absolute Gasteiger partial charge is 0.0963 e. The van der Waals surface area contributed by atoms with Gasteiger partial charge in [0.25, 0.3) is 0 Å². The standard InChI is InChI=1S/C14H16N2S/c1-2-4-11(5-3-1)13-10-16-14(17-13)12-6-8-15-9-7-12/h1-5,10,12,15H,6-9H2. The summed E-state index contributed by atoms with van der Waals surface area (Å²) in [6, 6.07) is 10.5. The van der Waals surface area contributed by atoms with Crippen LogP contribution in [0.5, 0.6) is 0 Å². The van der Waals surface area contributed by atoms with E-state index < -0.39 is 0 Å². The van der Waals surface area contributed by atoms with Crippen LogP contribution in [0, 0.1) is 0 Å². The molecule has 3 rings (SSSR count). The molecule has 0 spiro atoms. The first-order valence-electron chi connectivity index (χ1n) is 6.15. The van der Waals surface area contributed by atoms with Crippen molar-refractivity contribution < 1.29 is 0 Å². The predicted molar refractivity (Wildman–Crippen MR) is 72.4 cm³/mol. The van der Waals surface area contributed by atoms with Gasteiger partial charge in [0.1, 0.15) is 0 Å². The van der Waals surface area contributed by atoms with Crippen molar-refractivity contribution in [2.75, 3.05) is 13.1 Å². The molecule has 0 aliphatic carbocycles. The summed E-state index contributed by atoms with van der Waals surface area (Å²) in [4.78, 5) is 5.90. The topological polar surface area (TPSA) is 24.9 Å². The third-order valence-electron chi connectivity index (χ3n) is 3.27. The Hall–Kier alpha value is -1.19. The summed E-state index contributed by atoms with van der Waals surface area (Å²) in [6.45, 7) is 2.26. The highest BCUT2D eigenvalue weighted by Crippen LogP contribution is 2.33. The van der Waals surface area contributed by atoms with Crippen LogP contribution in [0.1, 0.15) is 23.8 Å². The second-order valence-electron chi connectivity index (χ2n) is 4.45. The van der Waals surface area contributed by atoms with Crippen LogP contribution in [0.4, 0.5) is 0 Å². The first-order valence-corrected chi connectivity index (χ1v) is 6.97. The van der Waals surface area contributed by atoms with E-state index in [1.165, 1.54) is 28.3 Å². The molecule has 1 aliphatic heterocycles. The maximum atomic E-state index is 4.61. The van der Waals surface area contributed by atoms with Crippen LogP contribution in [0.2, 0.25) is 0 Å². The lowest BCUT2D eigenvalue weighted by molar-refractivity contribution is 0.459. The van der Waals surface area contributed by atoms with Gasteiger partial charge in [-0.3, -0.25) is 0 Å². The molecule has 0 saturated carbocycles. The Labute approximate surface area is 106 Å². The fourth-order valence-electron chi connectivity index (χ4n) is 2.28. The van der Waals surface area contributed by atoms with Gasteiger partial charge in [-0.15, -0.1) is 11.3 Å². The van der Waals surface area contributed by atoms with E-state index in [1.54, 1.807) is 0 Å². The van der Waals surface area contributed by atoms with Crippen molar-refractivity contribution in [1.29, 1.82) is 0 Å². The largest absolute Gasteiger partial charge is 0.317 e. The number of benzene rings is 1. The van der Waals surface area contributed by atoms with Crippen LogP contribution in [0.25, 0.3) is 10.4 Å². The molecule has 3 heteroatoms. The monoisotopic (exact) mass is 244 g/mol. The first-order chi connectivity index (χ1) is 8.43. The van der Waals surface area contributed by atoms with Crippen molar-refractivity contribution in [1.82, 2.24) is 10.3 Å². The Kier molecular flexibility index (Phi) is 3.20. The average Bonchev–Trinajstić information content (AvgIpc) is 2.90. The Morgan fingerprint density at radius 2 is 1.88 bits per heavy atom. The van der Waals surface area contributed by atoms with Gasteiger partial charge in [0.05, 0.1) is 9.88 Å². The third-order valence-corrected chi connectivity index (χ3v) is 4.48. The number of nitrogens with zero attached hydrogens (tertiary/aromatic N) is 1. The molecule has 0 bridgehead atoms. The summed E-state index contributed by atoms with van der Waals surface area (Å²) in [5.74, 6) is 0.665. The van der Waals surface area contributed by atoms with E-state index in [4.69, 9.17) is 0 Å². The highest BCUT2D eigenvalue weighted by molar-refractivity contribution is 7.15. The minimum absolute atomic E-state index is 0.665. The normalized spacial score (nSPS) is 17.2. The summed E-state index contributed by atoms with van der Waals surface area (Å²) in [7, 11) is 0. The van der Waals surface area contributed by atoms with Crippen LogP contribution in [0.3, 0.4) is 0 Å². The summed E-state index contributed by atoms with van der Waals surface area (Å²) in [6.07, 6.45) is 4.47. The fraction of sp³-hybridized carbons (Fsp3) is 0.357. The van der Waals surface area contributed by atoms with E-state index in [2.05, 4.69) is 40.6 Å². The summed E-state index contributed by atoms with van der Waals surface area (Å²) in [5, 5.41) is 4.71. The van der Waals surface area contributed by atoms with Crippen LogP contribution < -0.4 is 5.32 Å². The molecule has 2 nitrogen and oxygen atoms in total. The number of hydrogen-bond donors (Lipinski definition) is 1. The molecule has 0 atom stereocenters. The van der Waals surface area contributed by atoms with Gasteiger partial charge in [-0.25, -0.2) is 4.98 Å². The van der Waals surface area contributed by atoms with Crippen molar-refractivity contribution >= 4 is 11.3 Å². The van der Waals surface area contributed by atoms with Crippen LogP contribution in [-0.4, -0.2) is 18.1 Å². The van der Waals surface area contributed by atoms with E-state index in [-0.39, 0.29) is 0 Å². The van der Waals surface area contributed by atoms with Crippen molar-refractivity contribution in [3.05, 3.63) is 41.5 Å². The minimum Gasteiger partial charge on any atom is -0.317 e. The highest BCUT2D eigenvalue weighted by Gasteiger charge is 2.18. The van der Waals surface area contributed by atoms with Gasteiger partial charge in [-0.1, -0.05) is 30.3 Å². The van der Waals surface area contributed by atoms with Gasteiger partial charge in [-0.05, 0) is 31.5 Å². The molecule has 88 valence electrons. The van der Waals surface area contributed by atoms with E-state index in [9.17, 15) is 0 Å². The Morgan fingerprint density at radius 1 is 1.12 bits per heavy atom. The van der Waals surface area contributed by atoms with E-state index in [0.29, 0.717) is 5.92 Å². The summed E-state index contributed by atoms with van der Waals surface area (Å²) < 4.78 is 0. The molecule has 0 unspecified atom stereocenters. The second kappa shape index (κ2) is 4.98. The van der Waals surface area contributed by atoms with E-state index in [0.717, 1.165) is 13.1 Å². The zero-order valence-corrected chi connectivity index (χ0v) is 10.5. The molecule has 2 aromatic rings. The molecule has 2 heterocycles. The van der Waals surface area contributed by atoms with Crippen LogP contribution in [0.15, 0.2) is 36.5 Å². The zero-order chi connectivity index (χ0) is 11.5. The molecule has 1 fully saturated rings. The Balaban J connectivity index is 1.83. The van der Waals surface area contributed by atoms with Gasteiger partial charge in [-0.2, -0.15) is 0 Å². The van der Waals surface area contributed by atoms with Crippen molar-refractivity contribution in [3.63, 3.8) is 0 Å². The number of nitrogens with one attached hydrogen (secondary N) is 1. The molecule has 17 heavy (non-hydrogen) atoms. The lowest BCUT2D eigenvalue weighted by Gasteiger charge is -2.20. The van der Waals surface area contributed by atoms with Crippen LogP contribution in [-0.2, 0) is 0 Å². The van der Waals surface area contributed by atoms with Crippen molar-refractivity contribution in [2.45, 2.75) is 18.8 Å². The Bertz CT molecular complexity index is 472. The number of rotatable bonds is 2. The lowest BCUT2D eigenvalue weighted by Crippen LogP contribution is -2.26. The molecule has 1 aromatic carbocycles. The first kappa shape index (κ1) is 10.9. The van der Waals surface area contributed by atoms with E-state index in [1.807, 2.05) is 17.5 Å². The van der Waals surface area contributed by atoms with Crippen molar-refractivity contribution in [2.24, 2.45) is 0 Å². The minimum atomic E-state index is 0.665. The molecule has 1 saturated heterocycles. The lowest BCUT2D eigenvalue weighted by atomic mass is 9.99. The molecular weight excluding hydrogens is 228 g/mol. The van der Waals surface area contributed by atoms with Gasteiger partial charge in [0, 0.05) is 12.1 Å². The highest BCUT2D eigenvalue weighted by atomic mass is 32.1. The predicted octanol–water partition coefficient (Wildman–Crippen LogP) is 3.28. The second-order valence-corrected chi connectivity index (χ2v) is 5.52. The van der Waals surface area contributed by atoms with Crippen molar-refractivity contribution in [3.8, 4) is 10.4 Å². The van der Waals surface area contributed by atoms with Gasteiger partial charge >= 0.3 is 0 Å². The summed E-state index contributed by atoms with van der Waals surface area (Å²) >= 11 is 1.85. The number of piperidine rings is 1. The maximum Gasteiger partial charge on any atom is 0.0963 e. The molecule has 1 aromatic heterocycles. The molecular formula is C14H16N2S. The maximum absolute atomic E-state index is 4.61. The third kappa shape index (κ3) is 2.40. The molecule has 1 aliphatic rings. The number of aromatic nitrogens is 1. The van der Waals surface area contributed by atoms with Gasteiger partial charge in [0.15, 0.2) is 0 Å². The molecule has 1 N–H and O–H groups in total.